The van der Waals surface area contributed by atoms with Gasteiger partial charge in [0.1, 0.15) is 12.6 Å². The summed E-state index contributed by atoms with van der Waals surface area (Å²) in [4.78, 5) is 7.40. The van der Waals surface area contributed by atoms with Gasteiger partial charge in [0.2, 0.25) is 0 Å². The Morgan fingerprint density at radius 3 is 1.71 bits per heavy atom. The highest BCUT2D eigenvalue weighted by Crippen LogP contribution is 1.86. The molecule has 0 spiro atoms. The fourth-order valence-corrected chi connectivity index (χ4v) is 1.02. The molecule has 0 amide bonds. The standard InChI is InChI=1S/2C3H4N2.C2H2N2O.C2H2N2S.4C2H6/c1-2-5-3-4-1;1-2-4-5-3-1;2*1-2-5-4-3-1;4*1-2/h1,3H,2H2;1-2H,3H2;2*1-2H;4*1-2H3. The molecule has 9 nitrogen and oxygen atoms in total. The second kappa shape index (κ2) is 44.1. The molecule has 0 saturated carbocycles. The molecule has 4 heterocycles. The minimum Gasteiger partial charge on any atom is -0.346 e. The first-order valence-corrected chi connectivity index (χ1v) is 10.3. The predicted octanol–water partition coefficient (Wildman–Crippen LogP) is 5.78. The summed E-state index contributed by atoms with van der Waals surface area (Å²) in [6.07, 6.45) is 11.4. The molecule has 0 radical (unpaired) electrons. The number of aliphatic imine (C=N–C) groups is 2. The van der Waals surface area contributed by atoms with Crippen LogP contribution in [0, 0.1) is 0 Å². The Hall–Kier alpha value is -2.62. The molecule has 0 aromatic carbocycles. The first-order chi connectivity index (χ1) is 14.0. The minimum absolute atomic E-state index is 0.778. The molecule has 0 aliphatic carbocycles. The molecule has 2 aromatic heterocycles. The summed E-state index contributed by atoms with van der Waals surface area (Å²) in [5.41, 5.74) is 0. The van der Waals surface area contributed by atoms with Crippen molar-refractivity contribution in [3.05, 3.63) is 36.3 Å². The average molecular weight is 413 g/mol. The second-order valence-corrected chi connectivity index (χ2v) is 3.46. The van der Waals surface area contributed by atoms with Crippen LogP contribution in [0.2, 0.25) is 0 Å². The van der Waals surface area contributed by atoms with E-state index in [0.29, 0.717) is 0 Å². The fourth-order valence-electron chi connectivity index (χ4n) is 0.744. The molecular formula is C18H36N8OS. The van der Waals surface area contributed by atoms with Crippen LogP contribution in [0.15, 0.2) is 61.0 Å². The largest absolute Gasteiger partial charge is 0.346 e. The topological polar surface area (TPSA) is 114 Å². The third kappa shape index (κ3) is 38.8. The lowest BCUT2D eigenvalue weighted by atomic mass is 10.7. The maximum absolute atomic E-state index is 4.22. The molecular weight excluding hydrogens is 376 g/mol. The maximum Gasteiger partial charge on any atom is 0.144 e. The first kappa shape index (κ1) is 33.0. The zero-order valence-corrected chi connectivity index (χ0v) is 19.2. The Morgan fingerprint density at radius 1 is 0.857 bits per heavy atom. The van der Waals surface area contributed by atoms with Crippen LogP contribution in [0.25, 0.3) is 0 Å². The summed E-state index contributed by atoms with van der Waals surface area (Å²) in [6.45, 7) is 17.6. The summed E-state index contributed by atoms with van der Waals surface area (Å²) >= 11 is 1.35. The monoisotopic (exact) mass is 412 g/mol. The van der Waals surface area contributed by atoms with Crippen molar-refractivity contribution in [1.29, 1.82) is 0 Å². The van der Waals surface area contributed by atoms with Crippen molar-refractivity contribution < 1.29 is 4.52 Å². The maximum atomic E-state index is 4.22. The van der Waals surface area contributed by atoms with Crippen LogP contribution in [0.4, 0.5) is 0 Å². The normalized spacial score (nSPS) is 10.0. The molecule has 2 aliphatic heterocycles. The molecule has 0 bridgehead atoms. The van der Waals surface area contributed by atoms with E-state index in [2.05, 4.69) is 44.7 Å². The van der Waals surface area contributed by atoms with Gasteiger partial charge in [-0.05, 0) is 17.6 Å². The van der Waals surface area contributed by atoms with Crippen LogP contribution in [0.5, 0.6) is 0 Å². The molecule has 0 N–H and O–H groups in total. The molecule has 28 heavy (non-hydrogen) atoms. The van der Waals surface area contributed by atoms with Gasteiger partial charge >= 0.3 is 0 Å². The Kier molecular flexibility index (Phi) is 52.0. The number of azo groups is 1. The molecule has 2 aliphatic rings. The van der Waals surface area contributed by atoms with Crippen molar-refractivity contribution >= 4 is 24.1 Å². The van der Waals surface area contributed by atoms with E-state index in [1.807, 2.05) is 66.8 Å². The lowest BCUT2D eigenvalue weighted by Gasteiger charge is -1.56. The van der Waals surface area contributed by atoms with Gasteiger partial charge in [0.05, 0.1) is 25.5 Å². The molecule has 0 unspecified atom stereocenters. The van der Waals surface area contributed by atoms with Gasteiger partial charge in [-0.25, -0.2) is 4.99 Å². The quantitative estimate of drug-likeness (QED) is 0.544. The highest BCUT2D eigenvalue weighted by atomic mass is 32.1. The minimum atomic E-state index is 0.778. The zero-order valence-electron chi connectivity index (χ0n) is 18.4. The summed E-state index contributed by atoms with van der Waals surface area (Å²) < 4.78 is 7.74. The number of hydrogen-bond acceptors (Lipinski definition) is 10. The van der Waals surface area contributed by atoms with E-state index in [-0.39, 0.29) is 0 Å². The SMILES string of the molecule is C1=CN=NC1.C1=NC=NC1.CC.CC.CC.CC.c1conn1.c1csnn1. The van der Waals surface area contributed by atoms with Gasteiger partial charge in [0.25, 0.3) is 0 Å². The van der Waals surface area contributed by atoms with E-state index in [1.54, 1.807) is 24.9 Å². The van der Waals surface area contributed by atoms with Gasteiger partial charge in [-0.2, -0.15) is 10.2 Å². The summed E-state index contributed by atoms with van der Waals surface area (Å²) in [5.74, 6) is 0. The van der Waals surface area contributed by atoms with E-state index >= 15 is 0 Å². The smallest absolute Gasteiger partial charge is 0.144 e. The Labute approximate surface area is 174 Å². The molecule has 4 rings (SSSR count). The Bertz CT molecular complexity index is 409. The van der Waals surface area contributed by atoms with Gasteiger partial charge in [-0.3, -0.25) is 4.99 Å². The molecule has 0 saturated heterocycles. The van der Waals surface area contributed by atoms with Crippen molar-refractivity contribution in [2.45, 2.75) is 55.4 Å². The van der Waals surface area contributed by atoms with Crippen LogP contribution in [0.3, 0.4) is 0 Å². The lowest BCUT2D eigenvalue weighted by Crippen LogP contribution is -1.65. The predicted molar refractivity (Wildman–Crippen MR) is 120 cm³/mol. The van der Waals surface area contributed by atoms with Gasteiger partial charge in [0, 0.05) is 23.1 Å². The van der Waals surface area contributed by atoms with E-state index in [4.69, 9.17) is 0 Å². The number of aromatic nitrogens is 4. The van der Waals surface area contributed by atoms with Crippen molar-refractivity contribution in [2.24, 2.45) is 20.2 Å². The average Bonchev–Trinajstić information content (AvgIpc) is 3.66. The highest BCUT2D eigenvalue weighted by Gasteiger charge is 1.74. The Balaban J connectivity index is -0.000000123. The second-order valence-electron chi connectivity index (χ2n) is 2.81. The number of rotatable bonds is 0. The zero-order chi connectivity index (χ0) is 22.1. The molecule has 10 heteroatoms. The van der Waals surface area contributed by atoms with Crippen LogP contribution in [0.1, 0.15) is 55.4 Å². The fraction of sp³-hybridized carbons (Fsp3) is 0.556. The van der Waals surface area contributed by atoms with Crippen LogP contribution in [-0.4, -0.2) is 45.6 Å². The van der Waals surface area contributed by atoms with Crippen molar-refractivity contribution in [1.82, 2.24) is 20.0 Å². The van der Waals surface area contributed by atoms with E-state index in [9.17, 15) is 0 Å². The van der Waals surface area contributed by atoms with Gasteiger partial charge in [0.15, 0.2) is 0 Å². The highest BCUT2D eigenvalue weighted by molar-refractivity contribution is 7.03. The van der Waals surface area contributed by atoms with E-state index in [1.165, 1.54) is 24.0 Å². The summed E-state index contributed by atoms with van der Waals surface area (Å²) in [6, 6.07) is 0. The van der Waals surface area contributed by atoms with Crippen LogP contribution in [-0.2, 0) is 0 Å². The summed E-state index contributed by atoms with van der Waals surface area (Å²) in [7, 11) is 0. The van der Waals surface area contributed by atoms with Gasteiger partial charge in [-0.15, -0.1) is 10.2 Å². The van der Waals surface area contributed by atoms with Crippen LogP contribution >= 0.6 is 11.5 Å². The van der Waals surface area contributed by atoms with Crippen LogP contribution < -0.4 is 0 Å². The lowest BCUT2D eigenvalue weighted by molar-refractivity contribution is 0.393. The number of nitrogens with zero attached hydrogens (tertiary/aromatic N) is 8. The molecule has 160 valence electrons. The van der Waals surface area contributed by atoms with E-state index < -0.39 is 0 Å². The van der Waals surface area contributed by atoms with Gasteiger partial charge in [-0.1, -0.05) is 59.9 Å². The molecule has 0 fully saturated rings. The summed E-state index contributed by atoms with van der Waals surface area (Å²) in [5, 5.41) is 18.8. The van der Waals surface area contributed by atoms with Crippen molar-refractivity contribution in [3.63, 3.8) is 0 Å². The van der Waals surface area contributed by atoms with Crippen molar-refractivity contribution in [2.75, 3.05) is 13.1 Å². The Morgan fingerprint density at radius 2 is 1.57 bits per heavy atom. The first-order valence-electron chi connectivity index (χ1n) is 9.43. The third-order valence-electron chi connectivity index (χ3n) is 1.45. The third-order valence-corrected chi connectivity index (χ3v) is 1.88. The van der Waals surface area contributed by atoms with E-state index in [0.717, 1.165) is 13.1 Å². The molecule has 2 aromatic rings. The number of hydrogen-bond donors (Lipinski definition) is 0. The van der Waals surface area contributed by atoms with Gasteiger partial charge < -0.3 is 4.52 Å². The molecule has 0 atom stereocenters. The van der Waals surface area contributed by atoms with Crippen molar-refractivity contribution in [3.8, 4) is 0 Å².